The SMILES string of the molecule is O=C(O)CC1CCCN(CC(=O)NCc2ccco2)C1. The molecule has 1 amide bonds. The lowest BCUT2D eigenvalue weighted by Gasteiger charge is -2.31. The number of amides is 1. The van der Waals surface area contributed by atoms with Crippen molar-refractivity contribution in [1.29, 1.82) is 0 Å². The Labute approximate surface area is 117 Å². The van der Waals surface area contributed by atoms with Crippen LogP contribution in [-0.4, -0.2) is 41.5 Å². The van der Waals surface area contributed by atoms with Crippen molar-refractivity contribution < 1.29 is 19.1 Å². The second-order valence-corrected chi connectivity index (χ2v) is 5.20. The Hall–Kier alpha value is -1.82. The molecule has 1 fully saturated rings. The predicted octanol–water partition coefficient (Wildman–Crippen LogP) is 1.08. The monoisotopic (exact) mass is 280 g/mol. The number of furan rings is 1. The number of hydrogen-bond donors (Lipinski definition) is 2. The van der Waals surface area contributed by atoms with Gasteiger partial charge in [-0.3, -0.25) is 14.5 Å². The molecule has 2 rings (SSSR count). The molecule has 1 atom stereocenters. The van der Waals surface area contributed by atoms with Crippen LogP contribution in [0.1, 0.15) is 25.0 Å². The number of nitrogens with one attached hydrogen (secondary N) is 1. The first-order valence-corrected chi connectivity index (χ1v) is 6.86. The molecule has 0 saturated carbocycles. The van der Waals surface area contributed by atoms with E-state index in [2.05, 4.69) is 5.32 Å². The van der Waals surface area contributed by atoms with E-state index >= 15 is 0 Å². The fraction of sp³-hybridized carbons (Fsp3) is 0.571. The topological polar surface area (TPSA) is 82.8 Å². The fourth-order valence-corrected chi connectivity index (χ4v) is 2.57. The van der Waals surface area contributed by atoms with Gasteiger partial charge in [-0.25, -0.2) is 0 Å². The van der Waals surface area contributed by atoms with Crippen molar-refractivity contribution in [2.24, 2.45) is 5.92 Å². The minimum Gasteiger partial charge on any atom is -0.481 e. The molecule has 1 saturated heterocycles. The van der Waals surface area contributed by atoms with E-state index in [9.17, 15) is 9.59 Å². The molecule has 1 aliphatic heterocycles. The zero-order valence-electron chi connectivity index (χ0n) is 11.4. The van der Waals surface area contributed by atoms with Crippen LogP contribution in [0.5, 0.6) is 0 Å². The molecule has 1 aromatic heterocycles. The number of carbonyl (C=O) groups is 2. The Kier molecular flexibility index (Phi) is 5.17. The highest BCUT2D eigenvalue weighted by atomic mass is 16.4. The van der Waals surface area contributed by atoms with Gasteiger partial charge in [0.2, 0.25) is 5.91 Å². The maximum absolute atomic E-state index is 11.8. The van der Waals surface area contributed by atoms with Crippen molar-refractivity contribution in [1.82, 2.24) is 10.2 Å². The number of carbonyl (C=O) groups excluding carboxylic acids is 1. The van der Waals surface area contributed by atoms with E-state index in [1.807, 2.05) is 11.0 Å². The van der Waals surface area contributed by atoms with Crippen LogP contribution in [0.25, 0.3) is 0 Å². The zero-order valence-corrected chi connectivity index (χ0v) is 11.4. The molecule has 0 bridgehead atoms. The number of aliphatic carboxylic acids is 1. The standard InChI is InChI=1S/C14H20N2O4/c17-13(15-8-12-4-2-6-20-12)10-16-5-1-3-11(9-16)7-14(18)19/h2,4,6,11H,1,3,5,7-10H2,(H,15,17)(H,18,19). The molecule has 2 N–H and O–H groups in total. The summed E-state index contributed by atoms with van der Waals surface area (Å²) in [5.74, 6) is 0.0522. The molecule has 1 aromatic rings. The number of piperidine rings is 1. The van der Waals surface area contributed by atoms with Crippen LogP contribution >= 0.6 is 0 Å². The lowest BCUT2D eigenvalue weighted by Crippen LogP contribution is -2.42. The van der Waals surface area contributed by atoms with Crippen LogP contribution in [0, 0.1) is 5.92 Å². The van der Waals surface area contributed by atoms with Crippen LogP contribution in [0.3, 0.4) is 0 Å². The average molecular weight is 280 g/mol. The van der Waals surface area contributed by atoms with E-state index in [4.69, 9.17) is 9.52 Å². The highest BCUT2D eigenvalue weighted by Gasteiger charge is 2.23. The van der Waals surface area contributed by atoms with Gasteiger partial charge in [-0.1, -0.05) is 0 Å². The summed E-state index contributed by atoms with van der Waals surface area (Å²) >= 11 is 0. The fourth-order valence-electron chi connectivity index (χ4n) is 2.57. The maximum Gasteiger partial charge on any atom is 0.303 e. The molecule has 1 unspecified atom stereocenters. The van der Waals surface area contributed by atoms with E-state index in [1.165, 1.54) is 0 Å². The molecular weight excluding hydrogens is 260 g/mol. The van der Waals surface area contributed by atoms with Gasteiger partial charge in [-0.05, 0) is 37.4 Å². The first-order valence-electron chi connectivity index (χ1n) is 6.86. The molecule has 2 heterocycles. The summed E-state index contributed by atoms with van der Waals surface area (Å²) in [5.41, 5.74) is 0. The van der Waals surface area contributed by atoms with Crippen molar-refractivity contribution in [3.05, 3.63) is 24.2 Å². The molecule has 110 valence electrons. The Morgan fingerprint density at radius 3 is 3.05 bits per heavy atom. The van der Waals surface area contributed by atoms with Crippen molar-refractivity contribution in [2.45, 2.75) is 25.8 Å². The van der Waals surface area contributed by atoms with Gasteiger partial charge in [0.05, 0.1) is 19.4 Å². The van der Waals surface area contributed by atoms with E-state index in [0.29, 0.717) is 19.6 Å². The predicted molar refractivity (Wildman–Crippen MR) is 72.0 cm³/mol. The second kappa shape index (κ2) is 7.09. The maximum atomic E-state index is 11.8. The Bertz CT molecular complexity index is 444. The van der Waals surface area contributed by atoms with Crippen LogP contribution < -0.4 is 5.32 Å². The van der Waals surface area contributed by atoms with Crippen molar-refractivity contribution in [2.75, 3.05) is 19.6 Å². The molecular formula is C14H20N2O4. The van der Waals surface area contributed by atoms with Crippen molar-refractivity contribution >= 4 is 11.9 Å². The van der Waals surface area contributed by atoms with Gasteiger partial charge in [0.15, 0.2) is 0 Å². The van der Waals surface area contributed by atoms with E-state index in [0.717, 1.165) is 25.1 Å². The molecule has 0 radical (unpaired) electrons. The third kappa shape index (κ3) is 4.70. The summed E-state index contributed by atoms with van der Waals surface area (Å²) in [6.07, 6.45) is 3.63. The molecule has 6 nitrogen and oxygen atoms in total. The minimum absolute atomic E-state index is 0.0580. The van der Waals surface area contributed by atoms with Gasteiger partial charge in [-0.15, -0.1) is 0 Å². The van der Waals surface area contributed by atoms with Gasteiger partial charge in [0, 0.05) is 13.0 Å². The number of carboxylic acid groups (broad SMARTS) is 1. The zero-order chi connectivity index (χ0) is 14.4. The highest BCUT2D eigenvalue weighted by molar-refractivity contribution is 5.78. The van der Waals surface area contributed by atoms with Crippen LogP contribution in [-0.2, 0) is 16.1 Å². The van der Waals surface area contributed by atoms with Gasteiger partial charge in [-0.2, -0.15) is 0 Å². The number of nitrogens with zero attached hydrogens (tertiary/aromatic N) is 1. The summed E-state index contributed by atoms with van der Waals surface area (Å²) in [5, 5.41) is 11.6. The Morgan fingerprint density at radius 2 is 2.35 bits per heavy atom. The smallest absolute Gasteiger partial charge is 0.303 e. The highest BCUT2D eigenvalue weighted by Crippen LogP contribution is 2.19. The van der Waals surface area contributed by atoms with E-state index < -0.39 is 5.97 Å². The van der Waals surface area contributed by atoms with Crippen LogP contribution in [0.4, 0.5) is 0 Å². The van der Waals surface area contributed by atoms with Crippen molar-refractivity contribution in [3.63, 3.8) is 0 Å². The van der Waals surface area contributed by atoms with Crippen LogP contribution in [0.15, 0.2) is 22.8 Å². The number of rotatable bonds is 6. The average Bonchev–Trinajstić information content (AvgIpc) is 2.89. The number of likely N-dealkylation sites (tertiary alicyclic amines) is 1. The summed E-state index contributed by atoms with van der Waals surface area (Å²) in [6.45, 7) is 2.24. The molecule has 0 spiro atoms. The number of carboxylic acids is 1. The van der Waals surface area contributed by atoms with Crippen molar-refractivity contribution in [3.8, 4) is 0 Å². The summed E-state index contributed by atoms with van der Waals surface area (Å²) in [4.78, 5) is 24.6. The third-order valence-corrected chi connectivity index (χ3v) is 3.47. The minimum atomic E-state index is -0.765. The third-order valence-electron chi connectivity index (χ3n) is 3.47. The van der Waals surface area contributed by atoms with Gasteiger partial charge >= 0.3 is 5.97 Å². The number of hydrogen-bond acceptors (Lipinski definition) is 4. The first-order chi connectivity index (χ1) is 9.63. The Balaban J connectivity index is 1.71. The van der Waals surface area contributed by atoms with E-state index in [1.54, 1.807) is 12.3 Å². The molecule has 20 heavy (non-hydrogen) atoms. The lowest BCUT2D eigenvalue weighted by molar-refractivity contribution is -0.138. The van der Waals surface area contributed by atoms with Gasteiger partial charge in [0.25, 0.3) is 0 Å². The quantitative estimate of drug-likeness (QED) is 0.815. The van der Waals surface area contributed by atoms with Crippen LogP contribution in [0.2, 0.25) is 0 Å². The summed E-state index contributed by atoms with van der Waals surface area (Å²) < 4.78 is 5.14. The lowest BCUT2D eigenvalue weighted by atomic mass is 9.95. The summed E-state index contributed by atoms with van der Waals surface area (Å²) in [6, 6.07) is 3.59. The Morgan fingerprint density at radius 1 is 1.50 bits per heavy atom. The summed E-state index contributed by atoms with van der Waals surface area (Å²) in [7, 11) is 0. The van der Waals surface area contributed by atoms with Gasteiger partial charge in [0.1, 0.15) is 5.76 Å². The molecule has 0 aliphatic carbocycles. The largest absolute Gasteiger partial charge is 0.481 e. The second-order valence-electron chi connectivity index (χ2n) is 5.20. The molecule has 1 aliphatic rings. The molecule has 6 heteroatoms. The molecule has 0 aromatic carbocycles. The van der Waals surface area contributed by atoms with Gasteiger partial charge < -0.3 is 14.8 Å². The normalized spacial score (nSPS) is 19.7. The first kappa shape index (κ1) is 14.6. The van der Waals surface area contributed by atoms with E-state index in [-0.39, 0.29) is 18.2 Å².